The van der Waals surface area contributed by atoms with Crippen molar-refractivity contribution in [2.24, 2.45) is 11.7 Å². The summed E-state index contributed by atoms with van der Waals surface area (Å²) in [5.41, 5.74) is 6.43. The molecular formula is C13H26N2. The number of hydrogen-bond donors (Lipinski definition) is 1. The number of hydrogen-bond acceptors (Lipinski definition) is 2. The summed E-state index contributed by atoms with van der Waals surface area (Å²) in [4.78, 5) is 2.71. The van der Waals surface area contributed by atoms with E-state index in [0.717, 1.165) is 12.5 Å². The van der Waals surface area contributed by atoms with Crippen molar-refractivity contribution in [1.82, 2.24) is 4.90 Å². The van der Waals surface area contributed by atoms with Gasteiger partial charge in [-0.3, -0.25) is 4.90 Å². The van der Waals surface area contributed by atoms with Crippen molar-refractivity contribution in [2.75, 3.05) is 19.6 Å². The molecule has 2 heteroatoms. The van der Waals surface area contributed by atoms with Crippen molar-refractivity contribution in [3.8, 4) is 0 Å². The lowest BCUT2D eigenvalue weighted by molar-refractivity contribution is 0.0583. The van der Waals surface area contributed by atoms with Crippen LogP contribution in [0.2, 0.25) is 0 Å². The topological polar surface area (TPSA) is 29.3 Å². The molecule has 2 fully saturated rings. The van der Waals surface area contributed by atoms with Crippen LogP contribution in [-0.2, 0) is 0 Å². The lowest BCUT2D eigenvalue weighted by Crippen LogP contribution is -2.54. The summed E-state index contributed by atoms with van der Waals surface area (Å²) in [7, 11) is 0. The molecule has 1 aliphatic carbocycles. The summed E-state index contributed by atoms with van der Waals surface area (Å²) in [6, 6.07) is 0. The van der Waals surface area contributed by atoms with E-state index in [1.807, 2.05) is 0 Å². The fourth-order valence-electron chi connectivity index (χ4n) is 3.50. The molecule has 1 saturated carbocycles. The smallest absolute Gasteiger partial charge is 0.0331 e. The highest BCUT2D eigenvalue weighted by Gasteiger charge is 2.39. The van der Waals surface area contributed by atoms with E-state index in [-0.39, 0.29) is 0 Å². The Hall–Kier alpha value is -0.0800. The second-order valence-corrected chi connectivity index (χ2v) is 5.47. The molecule has 0 aromatic rings. The normalized spacial score (nSPS) is 28.4. The molecule has 2 aliphatic rings. The van der Waals surface area contributed by atoms with Crippen LogP contribution < -0.4 is 5.73 Å². The first-order valence-electron chi connectivity index (χ1n) is 6.76. The van der Waals surface area contributed by atoms with Gasteiger partial charge in [-0.25, -0.2) is 0 Å². The SMILES string of the molecule is CCC1CCN(C2(CN)CCCC2)CC1. The summed E-state index contributed by atoms with van der Waals surface area (Å²) in [5.74, 6) is 0.984. The van der Waals surface area contributed by atoms with Gasteiger partial charge in [0, 0.05) is 12.1 Å². The van der Waals surface area contributed by atoms with Crippen molar-refractivity contribution < 1.29 is 0 Å². The summed E-state index contributed by atoms with van der Waals surface area (Å²) >= 11 is 0. The third-order valence-corrected chi connectivity index (χ3v) is 4.78. The molecule has 2 rings (SSSR count). The van der Waals surface area contributed by atoms with Gasteiger partial charge < -0.3 is 5.73 Å². The van der Waals surface area contributed by atoms with E-state index in [2.05, 4.69) is 11.8 Å². The largest absolute Gasteiger partial charge is 0.329 e. The molecule has 0 aromatic heterocycles. The van der Waals surface area contributed by atoms with Gasteiger partial charge in [0.1, 0.15) is 0 Å². The Balaban J connectivity index is 1.93. The van der Waals surface area contributed by atoms with Crippen molar-refractivity contribution in [3.05, 3.63) is 0 Å². The maximum absolute atomic E-state index is 6.03. The molecule has 88 valence electrons. The lowest BCUT2D eigenvalue weighted by Gasteiger charge is -2.44. The first-order chi connectivity index (χ1) is 7.30. The molecule has 1 saturated heterocycles. The molecule has 0 spiro atoms. The number of nitrogens with zero attached hydrogens (tertiary/aromatic N) is 1. The fourth-order valence-corrected chi connectivity index (χ4v) is 3.50. The van der Waals surface area contributed by atoms with Crippen LogP contribution in [0, 0.1) is 5.92 Å². The number of likely N-dealkylation sites (tertiary alicyclic amines) is 1. The summed E-state index contributed by atoms with van der Waals surface area (Å²) in [6.45, 7) is 5.81. The number of rotatable bonds is 3. The Labute approximate surface area is 94.2 Å². The third kappa shape index (κ3) is 2.21. The molecular weight excluding hydrogens is 184 g/mol. The molecule has 0 radical (unpaired) electrons. The van der Waals surface area contributed by atoms with Gasteiger partial charge in [0.25, 0.3) is 0 Å². The average Bonchev–Trinajstić information content (AvgIpc) is 2.79. The monoisotopic (exact) mass is 210 g/mol. The minimum atomic E-state index is 0.401. The molecule has 1 heterocycles. The Kier molecular flexibility index (Phi) is 3.68. The average molecular weight is 210 g/mol. The van der Waals surface area contributed by atoms with E-state index in [9.17, 15) is 0 Å². The quantitative estimate of drug-likeness (QED) is 0.775. The van der Waals surface area contributed by atoms with E-state index in [4.69, 9.17) is 5.73 Å². The van der Waals surface area contributed by atoms with Gasteiger partial charge in [-0.2, -0.15) is 0 Å². The van der Waals surface area contributed by atoms with Crippen LogP contribution in [0.15, 0.2) is 0 Å². The summed E-state index contributed by atoms with van der Waals surface area (Å²) in [6.07, 6.45) is 9.65. The zero-order valence-electron chi connectivity index (χ0n) is 10.2. The van der Waals surface area contributed by atoms with E-state index in [1.54, 1.807) is 0 Å². The van der Waals surface area contributed by atoms with Crippen LogP contribution >= 0.6 is 0 Å². The van der Waals surface area contributed by atoms with E-state index < -0.39 is 0 Å². The Morgan fingerprint density at radius 2 is 1.80 bits per heavy atom. The van der Waals surface area contributed by atoms with Gasteiger partial charge in [0.15, 0.2) is 0 Å². The highest BCUT2D eigenvalue weighted by Crippen LogP contribution is 2.37. The van der Waals surface area contributed by atoms with Gasteiger partial charge >= 0.3 is 0 Å². The van der Waals surface area contributed by atoms with Crippen LogP contribution in [0.3, 0.4) is 0 Å². The molecule has 0 atom stereocenters. The van der Waals surface area contributed by atoms with Crippen LogP contribution in [0.25, 0.3) is 0 Å². The van der Waals surface area contributed by atoms with Crippen LogP contribution in [0.4, 0.5) is 0 Å². The second-order valence-electron chi connectivity index (χ2n) is 5.47. The van der Waals surface area contributed by atoms with Crippen molar-refractivity contribution in [3.63, 3.8) is 0 Å². The molecule has 0 aromatic carbocycles. The molecule has 15 heavy (non-hydrogen) atoms. The Bertz CT molecular complexity index is 189. The van der Waals surface area contributed by atoms with Gasteiger partial charge in [-0.05, 0) is 44.7 Å². The third-order valence-electron chi connectivity index (χ3n) is 4.78. The van der Waals surface area contributed by atoms with Crippen LogP contribution in [0.5, 0.6) is 0 Å². The zero-order valence-corrected chi connectivity index (χ0v) is 10.2. The minimum absolute atomic E-state index is 0.401. The van der Waals surface area contributed by atoms with Crippen LogP contribution in [-0.4, -0.2) is 30.1 Å². The van der Waals surface area contributed by atoms with Gasteiger partial charge in [-0.15, -0.1) is 0 Å². The fraction of sp³-hybridized carbons (Fsp3) is 1.00. The van der Waals surface area contributed by atoms with E-state index in [0.29, 0.717) is 5.54 Å². The standard InChI is InChI=1S/C13H26N2/c1-2-12-5-9-15(10-6-12)13(11-14)7-3-4-8-13/h12H,2-11,14H2,1H3. The Morgan fingerprint density at radius 1 is 1.20 bits per heavy atom. The van der Waals surface area contributed by atoms with Crippen molar-refractivity contribution in [2.45, 2.75) is 57.4 Å². The molecule has 2 nitrogen and oxygen atoms in total. The molecule has 0 unspecified atom stereocenters. The predicted octanol–water partition coefficient (Wildman–Crippen LogP) is 2.38. The Morgan fingerprint density at radius 3 is 2.27 bits per heavy atom. The van der Waals surface area contributed by atoms with Crippen molar-refractivity contribution >= 4 is 0 Å². The predicted molar refractivity (Wildman–Crippen MR) is 64.8 cm³/mol. The molecule has 2 N–H and O–H groups in total. The molecule has 0 bridgehead atoms. The van der Waals surface area contributed by atoms with E-state index in [1.165, 1.54) is 58.0 Å². The van der Waals surface area contributed by atoms with Gasteiger partial charge in [-0.1, -0.05) is 26.2 Å². The molecule has 1 aliphatic heterocycles. The maximum Gasteiger partial charge on any atom is 0.0331 e. The van der Waals surface area contributed by atoms with Crippen LogP contribution in [0.1, 0.15) is 51.9 Å². The highest BCUT2D eigenvalue weighted by atomic mass is 15.2. The number of nitrogens with two attached hydrogens (primary N) is 1. The number of piperidine rings is 1. The summed E-state index contributed by atoms with van der Waals surface area (Å²) < 4.78 is 0. The first kappa shape index (κ1) is 11.4. The van der Waals surface area contributed by atoms with Crippen molar-refractivity contribution in [1.29, 1.82) is 0 Å². The maximum atomic E-state index is 6.03. The lowest BCUT2D eigenvalue weighted by atomic mass is 9.88. The van der Waals surface area contributed by atoms with E-state index >= 15 is 0 Å². The van der Waals surface area contributed by atoms with Gasteiger partial charge in [0.2, 0.25) is 0 Å². The minimum Gasteiger partial charge on any atom is -0.329 e. The highest BCUT2D eigenvalue weighted by molar-refractivity contribution is 4.97. The van der Waals surface area contributed by atoms with Gasteiger partial charge in [0.05, 0.1) is 0 Å². The molecule has 0 amide bonds. The zero-order chi connectivity index (χ0) is 10.7. The second kappa shape index (κ2) is 4.84. The first-order valence-corrected chi connectivity index (χ1v) is 6.76. The summed E-state index contributed by atoms with van der Waals surface area (Å²) in [5, 5.41) is 0.